The fourth-order valence-corrected chi connectivity index (χ4v) is 5.90. The van der Waals surface area contributed by atoms with E-state index in [1.54, 1.807) is 30.3 Å². The smallest absolute Gasteiger partial charge is 0.408 e. The van der Waals surface area contributed by atoms with Gasteiger partial charge in [-0.15, -0.1) is 0 Å². The highest BCUT2D eigenvalue weighted by Crippen LogP contribution is 2.16. The van der Waals surface area contributed by atoms with Gasteiger partial charge in [0.25, 0.3) is 0 Å². The highest BCUT2D eigenvalue weighted by molar-refractivity contribution is 7.94. The number of phenols is 1. The monoisotopic (exact) mass is 663 g/mol. The number of benzene rings is 3. The summed E-state index contributed by atoms with van der Waals surface area (Å²) >= 11 is 0. The Bertz CT molecular complexity index is 1580. The number of ether oxygens (including phenoxy) is 1. The van der Waals surface area contributed by atoms with Gasteiger partial charge in [-0.25, -0.2) is 13.2 Å². The van der Waals surface area contributed by atoms with Crippen molar-refractivity contribution in [2.24, 2.45) is 11.8 Å². The molecule has 10 nitrogen and oxygen atoms in total. The molecule has 0 aromatic heterocycles. The molecule has 2 unspecified atom stereocenters. The molecule has 0 saturated carbocycles. The molecule has 0 aliphatic rings. The molecule has 0 heterocycles. The molecule has 0 saturated heterocycles. The fourth-order valence-electron chi connectivity index (χ4n) is 4.81. The van der Waals surface area contributed by atoms with E-state index < -0.39 is 45.9 Å². The van der Waals surface area contributed by atoms with E-state index in [4.69, 9.17) is 4.74 Å². The molecular weight excluding hydrogens is 618 g/mol. The van der Waals surface area contributed by atoms with Crippen molar-refractivity contribution in [3.8, 4) is 5.75 Å². The minimum Gasteiger partial charge on any atom is -0.508 e. The normalized spacial score (nSPS) is 13.6. The zero-order valence-electron chi connectivity index (χ0n) is 27.3. The molecule has 3 aromatic carbocycles. The third-order valence-electron chi connectivity index (χ3n) is 7.15. The summed E-state index contributed by atoms with van der Waals surface area (Å²) in [5, 5.41) is 19.1. The lowest BCUT2D eigenvalue weighted by molar-refractivity contribution is -0.130. The van der Waals surface area contributed by atoms with Gasteiger partial charge < -0.3 is 25.8 Å². The number of hydrogen-bond acceptors (Lipinski definition) is 7. The summed E-state index contributed by atoms with van der Waals surface area (Å²) in [5.41, 5.74) is 1.54. The molecule has 3 atom stereocenters. The van der Waals surface area contributed by atoms with Gasteiger partial charge in [-0.1, -0.05) is 94.4 Å². The Morgan fingerprint density at radius 1 is 0.723 bits per heavy atom. The first-order chi connectivity index (χ1) is 22.3. The molecule has 47 heavy (non-hydrogen) atoms. The molecule has 4 N–H and O–H groups in total. The highest BCUT2D eigenvalue weighted by Gasteiger charge is 2.29. The molecule has 11 heteroatoms. The maximum atomic E-state index is 13.7. The van der Waals surface area contributed by atoms with Crippen LogP contribution in [0.2, 0.25) is 0 Å². The van der Waals surface area contributed by atoms with Crippen LogP contribution in [0.15, 0.2) is 101 Å². The molecule has 0 bridgehead atoms. The summed E-state index contributed by atoms with van der Waals surface area (Å²) in [5.74, 6) is -0.905. The van der Waals surface area contributed by atoms with Crippen LogP contribution in [0.1, 0.15) is 51.7 Å². The number of hydrogen-bond donors (Lipinski definition) is 4. The number of phenolic OH excluding ortho intramolecular Hbond substituents is 1. The number of alkyl carbamates (subject to hydrolysis) is 1. The van der Waals surface area contributed by atoms with Gasteiger partial charge in [0.15, 0.2) is 9.84 Å². The van der Waals surface area contributed by atoms with Crippen LogP contribution in [0.3, 0.4) is 0 Å². The second-order valence-corrected chi connectivity index (χ2v) is 14.1. The van der Waals surface area contributed by atoms with Crippen LogP contribution in [0, 0.1) is 11.8 Å². The lowest BCUT2D eigenvalue weighted by Crippen LogP contribution is -2.55. The maximum absolute atomic E-state index is 13.7. The molecule has 0 fully saturated rings. The summed E-state index contributed by atoms with van der Waals surface area (Å²) in [4.78, 5) is 40.0. The number of rotatable bonds is 16. The Morgan fingerprint density at radius 3 is 1.83 bits per heavy atom. The third-order valence-corrected chi connectivity index (χ3v) is 8.59. The molecule has 0 aliphatic heterocycles. The molecule has 252 valence electrons. The van der Waals surface area contributed by atoms with Crippen molar-refractivity contribution in [2.75, 3.05) is 0 Å². The van der Waals surface area contributed by atoms with Crippen molar-refractivity contribution >= 4 is 27.7 Å². The SMILES string of the molecule is CC(C)CC(NC(=O)OCc1ccccc1)C(=O)NC(CC(C)C)C(=O)N[C@H](/C=C/S(=O)(=O)c1ccccc1)Cc1ccc(O)cc1. The molecule has 0 radical (unpaired) electrons. The Balaban J connectivity index is 1.78. The number of carbonyl (C=O) groups excluding carboxylic acids is 3. The number of amides is 3. The number of nitrogens with one attached hydrogen (secondary N) is 3. The lowest BCUT2D eigenvalue weighted by Gasteiger charge is -2.26. The summed E-state index contributed by atoms with van der Waals surface area (Å²) in [7, 11) is -3.80. The predicted octanol–water partition coefficient (Wildman–Crippen LogP) is 5.28. The third kappa shape index (κ3) is 12.9. The van der Waals surface area contributed by atoms with E-state index in [0.717, 1.165) is 16.5 Å². The topological polar surface area (TPSA) is 151 Å². The van der Waals surface area contributed by atoms with Crippen LogP contribution in [-0.4, -0.2) is 49.6 Å². The van der Waals surface area contributed by atoms with E-state index >= 15 is 0 Å². The minimum atomic E-state index is -3.80. The molecule has 3 rings (SSSR count). The molecule has 3 amide bonds. The van der Waals surface area contributed by atoms with Gasteiger partial charge in [-0.2, -0.15) is 0 Å². The fraction of sp³-hybridized carbons (Fsp3) is 0.361. The first kappa shape index (κ1) is 36.8. The first-order valence-corrected chi connectivity index (χ1v) is 17.2. The van der Waals surface area contributed by atoms with E-state index in [0.29, 0.717) is 12.8 Å². The van der Waals surface area contributed by atoms with Crippen LogP contribution in [-0.2, 0) is 37.2 Å². The Kier molecular flexibility index (Phi) is 14.0. The van der Waals surface area contributed by atoms with Gasteiger partial charge in [-0.3, -0.25) is 9.59 Å². The summed E-state index contributed by atoms with van der Waals surface area (Å²) in [6, 6.07) is 20.8. The standard InChI is InChI=1S/C36H45N3O7S/c1-25(2)21-32(38-35(42)33(22-26(3)4)39-36(43)46-24-28-11-7-5-8-12-28)34(41)37-29(23-27-15-17-30(40)18-16-27)19-20-47(44,45)31-13-9-6-10-14-31/h5-20,25-26,29,32-33,40H,21-24H2,1-4H3,(H,37,41)(H,38,42)(H,39,43)/b20-19+/t29-,32?,33?/m1/s1. The van der Waals surface area contributed by atoms with Crippen molar-refractivity contribution in [1.29, 1.82) is 0 Å². The van der Waals surface area contributed by atoms with Gasteiger partial charge >= 0.3 is 6.09 Å². The van der Waals surface area contributed by atoms with Crippen molar-refractivity contribution in [3.63, 3.8) is 0 Å². The Labute approximate surface area is 277 Å². The average Bonchev–Trinajstić information content (AvgIpc) is 3.03. The number of carbonyl (C=O) groups is 3. The van der Waals surface area contributed by atoms with E-state index in [2.05, 4.69) is 16.0 Å². The predicted molar refractivity (Wildman–Crippen MR) is 181 cm³/mol. The molecule has 3 aromatic rings. The number of aromatic hydroxyl groups is 1. The average molecular weight is 664 g/mol. The van der Waals surface area contributed by atoms with Crippen molar-refractivity contribution < 1.29 is 32.6 Å². The molecule has 0 spiro atoms. The zero-order chi connectivity index (χ0) is 34.4. The Hall–Kier alpha value is -4.64. The minimum absolute atomic E-state index is 0.0166. The maximum Gasteiger partial charge on any atom is 0.408 e. The Morgan fingerprint density at radius 2 is 1.26 bits per heavy atom. The van der Waals surface area contributed by atoms with Gasteiger partial charge in [0.2, 0.25) is 11.8 Å². The van der Waals surface area contributed by atoms with E-state index in [1.165, 1.54) is 30.3 Å². The first-order valence-electron chi connectivity index (χ1n) is 15.7. The van der Waals surface area contributed by atoms with Crippen LogP contribution in [0.5, 0.6) is 5.75 Å². The van der Waals surface area contributed by atoms with Crippen LogP contribution in [0.25, 0.3) is 0 Å². The summed E-state index contributed by atoms with van der Waals surface area (Å²) < 4.78 is 31.3. The van der Waals surface area contributed by atoms with Gasteiger partial charge in [0.05, 0.1) is 10.9 Å². The van der Waals surface area contributed by atoms with Crippen molar-refractivity contribution in [2.45, 2.75) is 76.6 Å². The van der Waals surface area contributed by atoms with Crippen molar-refractivity contribution in [1.82, 2.24) is 16.0 Å². The number of sulfone groups is 1. The quantitative estimate of drug-likeness (QED) is 0.163. The van der Waals surface area contributed by atoms with Gasteiger partial charge in [0.1, 0.15) is 24.4 Å². The summed E-state index contributed by atoms with van der Waals surface area (Å²) in [6.07, 6.45) is 1.49. The highest BCUT2D eigenvalue weighted by atomic mass is 32.2. The van der Waals surface area contributed by atoms with E-state index in [9.17, 15) is 27.9 Å². The van der Waals surface area contributed by atoms with Crippen LogP contribution in [0.4, 0.5) is 4.79 Å². The second kappa shape index (κ2) is 17.9. The van der Waals surface area contributed by atoms with Gasteiger partial charge in [0, 0.05) is 5.41 Å². The largest absolute Gasteiger partial charge is 0.508 e. The zero-order valence-corrected chi connectivity index (χ0v) is 28.1. The van der Waals surface area contributed by atoms with Crippen LogP contribution < -0.4 is 16.0 Å². The lowest BCUT2D eigenvalue weighted by atomic mass is 9.99. The second-order valence-electron chi connectivity index (χ2n) is 12.3. The van der Waals surface area contributed by atoms with E-state index in [1.807, 2.05) is 58.0 Å². The van der Waals surface area contributed by atoms with E-state index in [-0.39, 0.29) is 35.5 Å². The van der Waals surface area contributed by atoms with Crippen LogP contribution >= 0.6 is 0 Å². The molecular formula is C36H45N3O7S. The van der Waals surface area contributed by atoms with Gasteiger partial charge in [-0.05, 0) is 66.5 Å². The summed E-state index contributed by atoms with van der Waals surface area (Å²) in [6.45, 7) is 7.70. The molecule has 0 aliphatic carbocycles. The van der Waals surface area contributed by atoms with Crippen molar-refractivity contribution in [3.05, 3.63) is 108 Å².